The molecule has 6 nitrogen and oxygen atoms in total. The van der Waals surface area contributed by atoms with Crippen molar-refractivity contribution in [2.24, 2.45) is 0 Å². The second-order valence-corrected chi connectivity index (χ2v) is 7.63. The SMILES string of the molecule is CCOc1ccccc1-c1nc(CC(=O)N(C)Cc2ccc(C(=O)NC)cc2)cs1. The minimum absolute atomic E-state index is 0.0136. The molecule has 0 spiro atoms. The standard InChI is InChI=1S/C23H25N3O3S/c1-4-29-20-8-6-5-7-19(20)23-25-18(15-30-23)13-21(27)26(3)14-16-9-11-17(12-10-16)22(28)24-2/h5-12,15H,4,13-14H2,1-3H3,(H,24,28). The topological polar surface area (TPSA) is 71.5 Å². The Morgan fingerprint density at radius 2 is 1.87 bits per heavy atom. The number of rotatable bonds is 8. The normalized spacial score (nSPS) is 10.5. The summed E-state index contributed by atoms with van der Waals surface area (Å²) in [4.78, 5) is 30.6. The van der Waals surface area contributed by atoms with Gasteiger partial charge in [0.05, 0.1) is 24.3 Å². The number of hydrogen-bond acceptors (Lipinski definition) is 5. The summed E-state index contributed by atoms with van der Waals surface area (Å²) in [5.41, 5.74) is 3.24. The Labute approximate surface area is 180 Å². The van der Waals surface area contributed by atoms with E-state index < -0.39 is 0 Å². The van der Waals surface area contributed by atoms with Crippen molar-refractivity contribution in [1.82, 2.24) is 15.2 Å². The van der Waals surface area contributed by atoms with Crippen molar-refractivity contribution in [3.05, 3.63) is 70.7 Å². The second kappa shape index (κ2) is 10.0. The number of amides is 2. The largest absolute Gasteiger partial charge is 0.493 e. The molecular weight excluding hydrogens is 398 g/mol. The maximum Gasteiger partial charge on any atom is 0.251 e. The fraction of sp³-hybridized carbons (Fsp3) is 0.261. The monoisotopic (exact) mass is 423 g/mol. The average molecular weight is 424 g/mol. The van der Waals surface area contributed by atoms with Gasteiger partial charge in [0.1, 0.15) is 10.8 Å². The van der Waals surface area contributed by atoms with E-state index in [0.29, 0.717) is 18.7 Å². The molecule has 3 aromatic rings. The van der Waals surface area contributed by atoms with Crippen LogP contribution in [0.15, 0.2) is 53.9 Å². The van der Waals surface area contributed by atoms with Crippen molar-refractivity contribution in [3.63, 3.8) is 0 Å². The molecule has 1 heterocycles. The van der Waals surface area contributed by atoms with Crippen LogP contribution in [0.2, 0.25) is 0 Å². The van der Waals surface area contributed by atoms with Crippen molar-refractivity contribution in [3.8, 4) is 16.3 Å². The Hall–Kier alpha value is -3.19. The number of benzene rings is 2. The van der Waals surface area contributed by atoms with Crippen LogP contribution >= 0.6 is 11.3 Å². The van der Waals surface area contributed by atoms with E-state index in [1.807, 2.05) is 48.7 Å². The highest BCUT2D eigenvalue weighted by Gasteiger charge is 2.15. The fourth-order valence-corrected chi connectivity index (χ4v) is 3.84. The first-order valence-electron chi connectivity index (χ1n) is 9.73. The molecule has 30 heavy (non-hydrogen) atoms. The molecule has 0 aliphatic heterocycles. The molecule has 7 heteroatoms. The Kier molecular flexibility index (Phi) is 7.19. The van der Waals surface area contributed by atoms with Crippen LogP contribution in [0.1, 0.15) is 28.5 Å². The summed E-state index contributed by atoms with van der Waals surface area (Å²) >= 11 is 1.51. The van der Waals surface area contributed by atoms with Crippen LogP contribution < -0.4 is 10.1 Å². The highest BCUT2D eigenvalue weighted by atomic mass is 32.1. The maximum atomic E-state index is 12.7. The Balaban J connectivity index is 1.63. The van der Waals surface area contributed by atoms with Gasteiger partial charge in [0.15, 0.2) is 0 Å². The highest BCUT2D eigenvalue weighted by molar-refractivity contribution is 7.13. The van der Waals surface area contributed by atoms with E-state index in [1.165, 1.54) is 11.3 Å². The van der Waals surface area contributed by atoms with Crippen LogP contribution in [-0.2, 0) is 17.8 Å². The molecule has 3 rings (SSSR count). The van der Waals surface area contributed by atoms with Crippen LogP contribution in [0.4, 0.5) is 0 Å². The van der Waals surface area contributed by atoms with Crippen LogP contribution in [-0.4, -0.2) is 42.4 Å². The van der Waals surface area contributed by atoms with E-state index >= 15 is 0 Å². The highest BCUT2D eigenvalue weighted by Crippen LogP contribution is 2.32. The number of carbonyl (C=O) groups excluding carboxylic acids is 2. The zero-order chi connectivity index (χ0) is 21.5. The van der Waals surface area contributed by atoms with Crippen molar-refractivity contribution < 1.29 is 14.3 Å². The number of carbonyl (C=O) groups is 2. The molecule has 2 amide bonds. The average Bonchev–Trinajstić information content (AvgIpc) is 3.22. The molecule has 0 fully saturated rings. The molecule has 0 saturated heterocycles. The minimum Gasteiger partial charge on any atom is -0.493 e. The second-order valence-electron chi connectivity index (χ2n) is 6.78. The van der Waals surface area contributed by atoms with Crippen LogP contribution in [0.3, 0.4) is 0 Å². The lowest BCUT2D eigenvalue weighted by atomic mass is 10.1. The van der Waals surface area contributed by atoms with Crippen LogP contribution in [0.5, 0.6) is 5.75 Å². The van der Waals surface area contributed by atoms with Crippen molar-refractivity contribution in [1.29, 1.82) is 0 Å². The Morgan fingerprint density at radius 1 is 1.13 bits per heavy atom. The van der Waals surface area contributed by atoms with E-state index in [1.54, 1.807) is 31.1 Å². The molecule has 0 aliphatic carbocycles. The van der Waals surface area contributed by atoms with Gasteiger partial charge in [0.2, 0.25) is 5.91 Å². The number of likely N-dealkylation sites (N-methyl/N-ethyl adjacent to an activating group) is 1. The molecule has 156 valence electrons. The molecule has 0 radical (unpaired) electrons. The Bertz CT molecular complexity index is 1010. The number of ether oxygens (including phenoxy) is 1. The number of thiazole rings is 1. The quantitative estimate of drug-likeness (QED) is 0.599. The summed E-state index contributed by atoms with van der Waals surface area (Å²) in [6.45, 7) is 3.00. The third-order valence-corrected chi connectivity index (χ3v) is 5.51. The molecule has 0 unspecified atom stereocenters. The first-order chi connectivity index (χ1) is 14.5. The van der Waals surface area contributed by atoms with Gasteiger partial charge >= 0.3 is 0 Å². The van der Waals surface area contributed by atoms with Gasteiger partial charge < -0.3 is 15.0 Å². The fourth-order valence-electron chi connectivity index (χ4n) is 2.99. The van der Waals surface area contributed by atoms with Gasteiger partial charge in [-0.15, -0.1) is 11.3 Å². The van der Waals surface area contributed by atoms with Gasteiger partial charge in [0, 0.05) is 31.6 Å². The predicted octanol–water partition coefficient (Wildman–Crippen LogP) is 3.77. The molecule has 1 aromatic heterocycles. The molecule has 0 saturated carbocycles. The van der Waals surface area contributed by atoms with E-state index in [4.69, 9.17) is 4.74 Å². The maximum absolute atomic E-state index is 12.7. The summed E-state index contributed by atoms with van der Waals surface area (Å²) in [5, 5.41) is 5.35. The number of nitrogens with zero attached hydrogens (tertiary/aromatic N) is 2. The van der Waals surface area contributed by atoms with Gasteiger partial charge in [-0.2, -0.15) is 0 Å². The number of hydrogen-bond donors (Lipinski definition) is 1. The van der Waals surface area contributed by atoms with Crippen LogP contribution in [0, 0.1) is 0 Å². The van der Waals surface area contributed by atoms with E-state index in [2.05, 4.69) is 10.3 Å². The van der Waals surface area contributed by atoms with Gasteiger partial charge in [-0.1, -0.05) is 24.3 Å². The lowest BCUT2D eigenvalue weighted by Gasteiger charge is -2.17. The predicted molar refractivity (Wildman–Crippen MR) is 119 cm³/mol. The van der Waals surface area contributed by atoms with Crippen molar-refractivity contribution in [2.45, 2.75) is 19.9 Å². The van der Waals surface area contributed by atoms with Crippen LogP contribution in [0.25, 0.3) is 10.6 Å². The van der Waals surface area contributed by atoms with E-state index in [-0.39, 0.29) is 18.2 Å². The third-order valence-electron chi connectivity index (χ3n) is 4.59. The third kappa shape index (κ3) is 5.24. The Morgan fingerprint density at radius 3 is 2.57 bits per heavy atom. The molecule has 1 N–H and O–H groups in total. The summed E-state index contributed by atoms with van der Waals surface area (Å²) in [6, 6.07) is 15.0. The van der Waals surface area contributed by atoms with Gasteiger partial charge in [-0.05, 0) is 36.8 Å². The number of para-hydroxylation sites is 1. The molecule has 0 bridgehead atoms. The van der Waals surface area contributed by atoms with Gasteiger partial charge in [0.25, 0.3) is 5.91 Å². The molecular formula is C23H25N3O3S. The summed E-state index contributed by atoms with van der Waals surface area (Å²) < 4.78 is 5.68. The summed E-state index contributed by atoms with van der Waals surface area (Å²) in [5.74, 6) is 0.654. The lowest BCUT2D eigenvalue weighted by molar-refractivity contribution is -0.129. The summed E-state index contributed by atoms with van der Waals surface area (Å²) in [6.07, 6.45) is 0.236. The van der Waals surface area contributed by atoms with Gasteiger partial charge in [-0.25, -0.2) is 4.98 Å². The molecule has 0 aliphatic rings. The van der Waals surface area contributed by atoms with Crippen molar-refractivity contribution in [2.75, 3.05) is 20.7 Å². The first-order valence-corrected chi connectivity index (χ1v) is 10.6. The molecule has 0 atom stereocenters. The lowest BCUT2D eigenvalue weighted by Crippen LogP contribution is -2.27. The smallest absolute Gasteiger partial charge is 0.251 e. The molecule has 2 aromatic carbocycles. The first kappa shape index (κ1) is 21.5. The van der Waals surface area contributed by atoms with Crippen molar-refractivity contribution >= 4 is 23.2 Å². The minimum atomic E-state index is -0.128. The zero-order valence-electron chi connectivity index (χ0n) is 17.3. The van der Waals surface area contributed by atoms with E-state index in [9.17, 15) is 9.59 Å². The number of nitrogens with one attached hydrogen (secondary N) is 1. The van der Waals surface area contributed by atoms with Gasteiger partial charge in [-0.3, -0.25) is 9.59 Å². The summed E-state index contributed by atoms with van der Waals surface area (Å²) in [7, 11) is 3.37. The zero-order valence-corrected chi connectivity index (χ0v) is 18.2. The van der Waals surface area contributed by atoms with E-state index in [0.717, 1.165) is 27.6 Å². The number of aromatic nitrogens is 1.